The number of halogens is 2. The number of alkyl halides is 1. The largest absolute Gasteiger partial charge is 0.379 e. The van der Waals surface area contributed by atoms with Gasteiger partial charge in [-0.1, -0.05) is 0 Å². The maximum atomic E-state index is 13.3. The summed E-state index contributed by atoms with van der Waals surface area (Å²) in [6.45, 7) is 1.71. The van der Waals surface area contributed by atoms with Crippen LogP contribution in [0.4, 0.5) is 14.5 Å². The molecular formula is C11H12F2NO. The van der Waals surface area contributed by atoms with Crippen molar-refractivity contribution in [1.29, 1.82) is 0 Å². The zero-order valence-corrected chi connectivity index (χ0v) is 8.12. The molecule has 15 heavy (non-hydrogen) atoms. The molecule has 1 radical (unpaired) electrons. The summed E-state index contributed by atoms with van der Waals surface area (Å²) in [5.74, 6) is -0.295. The van der Waals surface area contributed by atoms with Gasteiger partial charge in [-0.25, -0.2) is 8.78 Å². The SMILES string of the molecule is Fc1ccc(NC2CCO[CH]C2F)cc1. The molecule has 0 aromatic heterocycles. The normalized spacial score (nSPS) is 26.3. The van der Waals surface area contributed by atoms with Crippen LogP contribution in [-0.4, -0.2) is 18.8 Å². The van der Waals surface area contributed by atoms with Gasteiger partial charge in [-0.3, -0.25) is 0 Å². The monoisotopic (exact) mass is 212 g/mol. The summed E-state index contributed by atoms with van der Waals surface area (Å²) >= 11 is 0. The van der Waals surface area contributed by atoms with E-state index in [0.717, 1.165) is 5.69 Å². The van der Waals surface area contributed by atoms with Crippen molar-refractivity contribution in [1.82, 2.24) is 0 Å². The van der Waals surface area contributed by atoms with Gasteiger partial charge in [0.1, 0.15) is 18.6 Å². The molecular weight excluding hydrogens is 200 g/mol. The highest BCUT2D eigenvalue weighted by Crippen LogP contribution is 2.19. The molecule has 2 atom stereocenters. The molecule has 1 aromatic carbocycles. The fourth-order valence-electron chi connectivity index (χ4n) is 1.52. The second-order valence-corrected chi connectivity index (χ2v) is 3.50. The van der Waals surface area contributed by atoms with Crippen LogP contribution < -0.4 is 5.32 Å². The van der Waals surface area contributed by atoms with E-state index in [0.29, 0.717) is 13.0 Å². The third kappa shape index (κ3) is 2.65. The van der Waals surface area contributed by atoms with Crippen LogP contribution in [-0.2, 0) is 4.74 Å². The molecule has 2 nitrogen and oxygen atoms in total. The van der Waals surface area contributed by atoms with Crippen LogP contribution in [0, 0.1) is 12.4 Å². The Balaban J connectivity index is 1.98. The van der Waals surface area contributed by atoms with Crippen molar-refractivity contribution in [3.63, 3.8) is 0 Å². The molecule has 0 bridgehead atoms. The number of benzene rings is 1. The summed E-state index contributed by atoms with van der Waals surface area (Å²) in [4.78, 5) is 0. The summed E-state index contributed by atoms with van der Waals surface area (Å²) in [5, 5.41) is 3.00. The number of rotatable bonds is 2. The van der Waals surface area contributed by atoms with Gasteiger partial charge in [0, 0.05) is 12.3 Å². The Morgan fingerprint density at radius 3 is 2.67 bits per heavy atom. The predicted octanol–water partition coefficient (Wildman–Crippen LogP) is 2.53. The molecule has 0 saturated carbocycles. The molecule has 0 aliphatic carbocycles. The molecule has 2 unspecified atom stereocenters. The lowest BCUT2D eigenvalue weighted by atomic mass is 10.1. The quantitative estimate of drug-likeness (QED) is 0.813. The molecule has 0 spiro atoms. The van der Waals surface area contributed by atoms with E-state index >= 15 is 0 Å². The third-order valence-corrected chi connectivity index (χ3v) is 2.35. The van der Waals surface area contributed by atoms with Crippen LogP contribution in [0.15, 0.2) is 24.3 Å². The van der Waals surface area contributed by atoms with Crippen LogP contribution in [0.2, 0.25) is 0 Å². The van der Waals surface area contributed by atoms with Crippen LogP contribution in [0.3, 0.4) is 0 Å². The number of nitrogens with one attached hydrogen (secondary N) is 1. The first kappa shape index (κ1) is 10.4. The van der Waals surface area contributed by atoms with Crippen LogP contribution in [0.1, 0.15) is 6.42 Å². The van der Waals surface area contributed by atoms with Gasteiger partial charge in [-0.05, 0) is 30.7 Å². The number of hydrogen-bond acceptors (Lipinski definition) is 2. The zero-order valence-electron chi connectivity index (χ0n) is 8.12. The predicted molar refractivity (Wildman–Crippen MR) is 53.6 cm³/mol. The van der Waals surface area contributed by atoms with Crippen LogP contribution in [0.5, 0.6) is 0 Å². The van der Waals surface area contributed by atoms with Crippen molar-refractivity contribution in [3.05, 3.63) is 36.7 Å². The topological polar surface area (TPSA) is 21.3 Å². The minimum Gasteiger partial charge on any atom is -0.379 e. The number of ether oxygens (including phenoxy) is 1. The average Bonchev–Trinajstić information content (AvgIpc) is 2.25. The van der Waals surface area contributed by atoms with E-state index in [2.05, 4.69) is 5.32 Å². The second-order valence-electron chi connectivity index (χ2n) is 3.50. The smallest absolute Gasteiger partial charge is 0.149 e. The van der Waals surface area contributed by atoms with Gasteiger partial charge in [0.25, 0.3) is 0 Å². The fourth-order valence-corrected chi connectivity index (χ4v) is 1.52. The molecule has 4 heteroatoms. The molecule has 1 aliphatic rings. The Labute approximate surface area is 87.2 Å². The summed E-state index contributed by atoms with van der Waals surface area (Å²) in [5.41, 5.74) is 0.722. The van der Waals surface area contributed by atoms with Crippen molar-refractivity contribution in [3.8, 4) is 0 Å². The summed E-state index contributed by atoms with van der Waals surface area (Å²) < 4.78 is 30.8. The van der Waals surface area contributed by atoms with E-state index in [1.165, 1.54) is 18.7 Å². The maximum absolute atomic E-state index is 13.3. The number of hydrogen-bond donors (Lipinski definition) is 1. The standard InChI is InChI=1S/C11H12F2NO/c12-8-1-3-9(4-2-8)14-11-5-6-15-7-10(11)13/h1-4,7,10-11,14H,5-6H2. The van der Waals surface area contributed by atoms with Gasteiger partial charge in [-0.2, -0.15) is 0 Å². The van der Waals surface area contributed by atoms with Gasteiger partial charge in [-0.15, -0.1) is 0 Å². The van der Waals surface area contributed by atoms with E-state index in [-0.39, 0.29) is 11.9 Å². The van der Waals surface area contributed by atoms with Gasteiger partial charge < -0.3 is 10.1 Å². The van der Waals surface area contributed by atoms with Crippen molar-refractivity contribution in [2.45, 2.75) is 18.6 Å². The zero-order chi connectivity index (χ0) is 10.7. The minimum absolute atomic E-state index is 0.288. The second kappa shape index (κ2) is 4.57. The third-order valence-electron chi connectivity index (χ3n) is 2.35. The minimum atomic E-state index is -1.12. The molecule has 81 valence electrons. The Morgan fingerprint density at radius 1 is 1.27 bits per heavy atom. The van der Waals surface area contributed by atoms with E-state index in [1.807, 2.05) is 0 Å². The van der Waals surface area contributed by atoms with Gasteiger partial charge in [0.2, 0.25) is 0 Å². The molecule has 1 aromatic rings. The van der Waals surface area contributed by atoms with Crippen molar-refractivity contribution >= 4 is 5.69 Å². The highest BCUT2D eigenvalue weighted by atomic mass is 19.1. The molecule has 1 N–H and O–H groups in total. The summed E-state index contributed by atoms with van der Waals surface area (Å²) in [6.07, 6.45) is -0.515. The van der Waals surface area contributed by atoms with Crippen LogP contribution in [0.25, 0.3) is 0 Å². The Kier molecular flexibility index (Phi) is 3.16. The van der Waals surface area contributed by atoms with Crippen molar-refractivity contribution < 1.29 is 13.5 Å². The van der Waals surface area contributed by atoms with Gasteiger partial charge in [0.05, 0.1) is 6.04 Å². The molecule has 1 aliphatic heterocycles. The number of anilines is 1. The lowest BCUT2D eigenvalue weighted by Crippen LogP contribution is -2.36. The highest BCUT2D eigenvalue weighted by molar-refractivity contribution is 5.44. The summed E-state index contributed by atoms with van der Waals surface area (Å²) in [7, 11) is 0. The summed E-state index contributed by atoms with van der Waals surface area (Å²) in [6, 6.07) is 5.59. The Bertz CT molecular complexity index is 315. The Hall–Kier alpha value is -1.16. The van der Waals surface area contributed by atoms with Crippen molar-refractivity contribution in [2.75, 3.05) is 11.9 Å². The van der Waals surface area contributed by atoms with Crippen LogP contribution >= 0.6 is 0 Å². The van der Waals surface area contributed by atoms with E-state index < -0.39 is 6.17 Å². The first-order chi connectivity index (χ1) is 7.25. The lowest BCUT2D eigenvalue weighted by Gasteiger charge is -2.27. The Morgan fingerprint density at radius 2 is 2.00 bits per heavy atom. The maximum Gasteiger partial charge on any atom is 0.149 e. The first-order valence-corrected chi connectivity index (χ1v) is 4.87. The molecule has 0 amide bonds. The van der Waals surface area contributed by atoms with Crippen molar-refractivity contribution in [2.24, 2.45) is 0 Å². The highest BCUT2D eigenvalue weighted by Gasteiger charge is 2.25. The average molecular weight is 212 g/mol. The molecule has 1 fully saturated rings. The molecule has 1 heterocycles. The van der Waals surface area contributed by atoms with E-state index in [9.17, 15) is 8.78 Å². The van der Waals surface area contributed by atoms with E-state index in [4.69, 9.17) is 4.74 Å². The lowest BCUT2D eigenvalue weighted by molar-refractivity contribution is 0.0847. The molecule has 2 rings (SSSR count). The molecule has 1 saturated heterocycles. The van der Waals surface area contributed by atoms with Gasteiger partial charge in [0.15, 0.2) is 0 Å². The fraction of sp³-hybridized carbons (Fsp3) is 0.364. The van der Waals surface area contributed by atoms with E-state index in [1.54, 1.807) is 12.1 Å². The first-order valence-electron chi connectivity index (χ1n) is 4.87. The van der Waals surface area contributed by atoms with Gasteiger partial charge >= 0.3 is 0 Å².